The Kier molecular flexibility index (Phi) is 3.11. The first-order chi connectivity index (χ1) is 11.2. The third-order valence-corrected chi connectivity index (χ3v) is 3.73. The minimum absolute atomic E-state index is 0.210. The van der Waals surface area contributed by atoms with Crippen LogP contribution in [-0.2, 0) is 16.5 Å². The molecule has 0 atom stereocenters. The lowest BCUT2D eigenvalue weighted by molar-refractivity contribution is 0.284. The number of nitrogen functional groups attached to an aromatic ring is 1. The Morgan fingerprint density at radius 3 is 2.96 bits per heavy atom. The molecule has 2 N–H and O–H groups in total. The summed E-state index contributed by atoms with van der Waals surface area (Å²) in [7, 11) is 1.80. The van der Waals surface area contributed by atoms with Crippen molar-refractivity contribution in [2.24, 2.45) is 7.05 Å². The SMILES string of the molecule is Cn1nc(C2=COC=C(C3=CC=CCC3)O2)c2cnc(N)nc21. The fourth-order valence-electron chi connectivity index (χ4n) is 2.61. The van der Waals surface area contributed by atoms with E-state index in [1.807, 2.05) is 12.2 Å². The number of nitrogens with two attached hydrogens (primary N) is 1. The van der Waals surface area contributed by atoms with E-state index in [0.717, 1.165) is 23.8 Å². The van der Waals surface area contributed by atoms with Gasteiger partial charge in [0, 0.05) is 13.2 Å². The highest BCUT2D eigenvalue weighted by atomic mass is 16.5. The fourth-order valence-corrected chi connectivity index (χ4v) is 2.61. The first-order valence-electron chi connectivity index (χ1n) is 7.27. The molecule has 0 amide bonds. The van der Waals surface area contributed by atoms with Gasteiger partial charge in [-0.2, -0.15) is 10.1 Å². The molecule has 0 saturated carbocycles. The van der Waals surface area contributed by atoms with Crippen LogP contribution in [0.5, 0.6) is 0 Å². The van der Waals surface area contributed by atoms with Crippen LogP contribution in [0.25, 0.3) is 16.8 Å². The molecule has 7 nitrogen and oxygen atoms in total. The van der Waals surface area contributed by atoms with Crippen LogP contribution in [0, 0.1) is 0 Å². The number of nitrogens with zero attached hydrogens (tertiary/aromatic N) is 4. The van der Waals surface area contributed by atoms with E-state index >= 15 is 0 Å². The van der Waals surface area contributed by atoms with Crippen LogP contribution in [0.3, 0.4) is 0 Å². The number of hydrogen-bond acceptors (Lipinski definition) is 6. The summed E-state index contributed by atoms with van der Waals surface area (Å²) < 4.78 is 13.1. The molecular weight excluding hydrogens is 294 g/mol. The Morgan fingerprint density at radius 1 is 1.26 bits per heavy atom. The monoisotopic (exact) mass is 309 g/mol. The molecule has 0 aromatic carbocycles. The van der Waals surface area contributed by atoms with Gasteiger partial charge in [0.05, 0.1) is 5.39 Å². The summed E-state index contributed by atoms with van der Waals surface area (Å²) in [5.74, 6) is 1.43. The fraction of sp³-hybridized carbons (Fsp3) is 0.188. The zero-order valence-corrected chi connectivity index (χ0v) is 12.6. The van der Waals surface area contributed by atoms with Gasteiger partial charge in [-0.05, 0) is 18.4 Å². The smallest absolute Gasteiger partial charge is 0.222 e. The first kappa shape index (κ1) is 13.6. The summed E-state index contributed by atoms with van der Waals surface area (Å²) in [6.07, 6.45) is 12.9. The molecule has 2 aliphatic rings. The highest BCUT2D eigenvalue weighted by molar-refractivity contribution is 5.87. The largest absolute Gasteiger partial charge is 0.465 e. The maximum atomic E-state index is 6.00. The van der Waals surface area contributed by atoms with Crippen molar-refractivity contribution in [1.82, 2.24) is 19.7 Å². The van der Waals surface area contributed by atoms with Crippen molar-refractivity contribution < 1.29 is 9.47 Å². The van der Waals surface area contributed by atoms with Crippen LogP contribution in [0.1, 0.15) is 18.5 Å². The average molecular weight is 309 g/mol. The Bertz CT molecular complexity index is 905. The van der Waals surface area contributed by atoms with Crippen molar-refractivity contribution in [1.29, 1.82) is 0 Å². The number of anilines is 1. The van der Waals surface area contributed by atoms with E-state index in [0.29, 0.717) is 22.9 Å². The normalized spacial score (nSPS) is 17.2. The molecule has 116 valence electrons. The Hall–Kier alpha value is -3.09. The average Bonchev–Trinajstić information content (AvgIpc) is 2.92. The Labute approximate surface area is 132 Å². The maximum Gasteiger partial charge on any atom is 0.222 e. The van der Waals surface area contributed by atoms with Gasteiger partial charge in [0.15, 0.2) is 17.2 Å². The second-order valence-electron chi connectivity index (χ2n) is 5.30. The van der Waals surface area contributed by atoms with Crippen molar-refractivity contribution >= 4 is 22.7 Å². The van der Waals surface area contributed by atoms with E-state index in [-0.39, 0.29) is 5.95 Å². The van der Waals surface area contributed by atoms with Crippen LogP contribution < -0.4 is 5.73 Å². The van der Waals surface area contributed by atoms with Crippen molar-refractivity contribution in [3.8, 4) is 0 Å². The van der Waals surface area contributed by atoms with Gasteiger partial charge in [0.1, 0.15) is 18.2 Å². The van der Waals surface area contributed by atoms with Crippen LogP contribution in [0.2, 0.25) is 0 Å². The lowest BCUT2D eigenvalue weighted by atomic mass is 10.0. The number of aryl methyl sites for hydroxylation is 1. The van der Waals surface area contributed by atoms with Gasteiger partial charge in [-0.15, -0.1) is 0 Å². The zero-order chi connectivity index (χ0) is 15.8. The summed E-state index contributed by atoms with van der Waals surface area (Å²) in [5, 5.41) is 5.22. The molecule has 1 aliphatic carbocycles. The highest BCUT2D eigenvalue weighted by Gasteiger charge is 2.22. The third-order valence-electron chi connectivity index (χ3n) is 3.73. The second-order valence-corrected chi connectivity index (χ2v) is 5.30. The number of ether oxygens (including phenoxy) is 2. The van der Waals surface area contributed by atoms with E-state index in [4.69, 9.17) is 15.2 Å². The predicted octanol–water partition coefficient (Wildman–Crippen LogP) is 2.41. The van der Waals surface area contributed by atoms with E-state index in [1.54, 1.807) is 24.2 Å². The zero-order valence-electron chi connectivity index (χ0n) is 12.6. The summed E-state index contributed by atoms with van der Waals surface area (Å²) in [4.78, 5) is 8.25. The maximum absolute atomic E-state index is 6.00. The minimum atomic E-state index is 0.210. The molecule has 3 heterocycles. The molecule has 0 saturated heterocycles. The number of fused-ring (bicyclic) bond motifs is 1. The van der Waals surface area contributed by atoms with Gasteiger partial charge in [-0.1, -0.05) is 18.2 Å². The Balaban J connectivity index is 1.70. The molecule has 0 fully saturated rings. The Morgan fingerprint density at radius 2 is 2.13 bits per heavy atom. The highest BCUT2D eigenvalue weighted by Crippen LogP contribution is 2.32. The number of rotatable bonds is 2. The van der Waals surface area contributed by atoms with Gasteiger partial charge >= 0.3 is 0 Å². The second kappa shape index (κ2) is 5.28. The molecule has 23 heavy (non-hydrogen) atoms. The van der Waals surface area contributed by atoms with E-state index in [1.165, 1.54) is 6.26 Å². The number of allylic oxidation sites excluding steroid dienone is 4. The molecule has 0 bridgehead atoms. The molecule has 2 aromatic rings. The van der Waals surface area contributed by atoms with Crippen molar-refractivity contribution in [2.45, 2.75) is 12.8 Å². The van der Waals surface area contributed by atoms with Gasteiger partial charge in [-0.3, -0.25) is 0 Å². The lowest BCUT2D eigenvalue weighted by Gasteiger charge is -2.18. The van der Waals surface area contributed by atoms with E-state index < -0.39 is 0 Å². The quantitative estimate of drug-likeness (QED) is 0.916. The molecule has 1 aliphatic heterocycles. The lowest BCUT2D eigenvalue weighted by Crippen LogP contribution is -2.04. The standard InChI is InChI=1S/C16H15N5O2/c1-21-15-11(7-18-16(17)19-15)14(20-21)13-9-22-8-12(23-13)10-5-3-2-4-6-10/h2-3,5,7-9H,4,6H2,1H3,(H2,17,18,19). The van der Waals surface area contributed by atoms with E-state index in [2.05, 4.69) is 21.1 Å². The van der Waals surface area contributed by atoms with Crippen LogP contribution in [0.4, 0.5) is 5.95 Å². The third kappa shape index (κ3) is 2.36. The summed E-state index contributed by atoms with van der Waals surface area (Å²) in [6.45, 7) is 0. The molecule has 7 heteroatoms. The van der Waals surface area contributed by atoms with Gasteiger partial charge in [0.2, 0.25) is 5.95 Å². The first-order valence-corrected chi connectivity index (χ1v) is 7.27. The summed E-state index contributed by atoms with van der Waals surface area (Å²) >= 11 is 0. The number of hydrogen-bond donors (Lipinski definition) is 1. The molecule has 2 aromatic heterocycles. The van der Waals surface area contributed by atoms with Crippen LogP contribution >= 0.6 is 0 Å². The summed E-state index contributed by atoms with van der Waals surface area (Å²) in [6, 6.07) is 0. The molecule has 0 radical (unpaired) electrons. The van der Waals surface area contributed by atoms with Gasteiger partial charge in [-0.25, -0.2) is 9.67 Å². The van der Waals surface area contributed by atoms with Crippen molar-refractivity contribution in [3.05, 3.63) is 54.0 Å². The summed E-state index contributed by atoms with van der Waals surface area (Å²) in [5.41, 5.74) is 8.01. The molecule has 4 rings (SSSR count). The molecular formula is C16H15N5O2. The van der Waals surface area contributed by atoms with Gasteiger partial charge < -0.3 is 15.2 Å². The molecule has 0 spiro atoms. The van der Waals surface area contributed by atoms with Crippen molar-refractivity contribution in [2.75, 3.05) is 5.73 Å². The number of aromatic nitrogens is 4. The van der Waals surface area contributed by atoms with Crippen LogP contribution in [-0.4, -0.2) is 19.7 Å². The van der Waals surface area contributed by atoms with Crippen LogP contribution in [0.15, 0.2) is 48.3 Å². The predicted molar refractivity (Wildman–Crippen MR) is 85.4 cm³/mol. The van der Waals surface area contributed by atoms with E-state index in [9.17, 15) is 0 Å². The van der Waals surface area contributed by atoms with Gasteiger partial charge in [0.25, 0.3) is 0 Å². The van der Waals surface area contributed by atoms with Crippen molar-refractivity contribution in [3.63, 3.8) is 0 Å². The topological polar surface area (TPSA) is 88.1 Å². The molecule has 0 unspecified atom stereocenters. The minimum Gasteiger partial charge on any atom is -0.465 e.